The van der Waals surface area contributed by atoms with Crippen molar-refractivity contribution < 1.29 is 20.6 Å². The van der Waals surface area contributed by atoms with E-state index in [2.05, 4.69) is 9.97 Å². The van der Waals surface area contributed by atoms with Crippen LogP contribution in [0.25, 0.3) is 21.8 Å². The number of hydrogen-bond donors (Lipinski definition) is 4. The van der Waals surface area contributed by atoms with Gasteiger partial charge in [0.1, 0.15) is 0 Å². The van der Waals surface area contributed by atoms with Crippen LogP contribution in [-0.2, 0) is 12.8 Å². The molecule has 5 aromatic rings. The number of aromatic nitrogens is 2. The number of pyridine rings is 2. The Labute approximate surface area is 202 Å². The van der Waals surface area contributed by atoms with Crippen LogP contribution in [0.1, 0.15) is 34.7 Å². The first kappa shape index (κ1) is 23.0. The molecule has 176 valence electrons. The summed E-state index contributed by atoms with van der Waals surface area (Å²) in [6, 6.07) is 27.7. The van der Waals surface area contributed by atoms with Crippen LogP contribution in [0.2, 0.25) is 0 Å². The van der Waals surface area contributed by atoms with E-state index in [4.69, 9.17) is 0 Å². The zero-order valence-corrected chi connectivity index (χ0v) is 18.9. The van der Waals surface area contributed by atoms with Gasteiger partial charge in [-0.3, -0.25) is 9.97 Å². The molecule has 0 aliphatic rings. The van der Waals surface area contributed by atoms with Gasteiger partial charge in [-0.15, -0.1) is 0 Å². The van der Waals surface area contributed by atoms with Gasteiger partial charge in [-0.2, -0.15) is 5.23 Å². The van der Waals surface area contributed by atoms with Crippen molar-refractivity contribution in [1.29, 1.82) is 0 Å². The first-order valence-electron chi connectivity index (χ1n) is 11.4. The summed E-state index contributed by atoms with van der Waals surface area (Å²) >= 11 is 0. The molecule has 0 radical (unpaired) electrons. The maximum Gasteiger partial charge on any atom is 0.170 e. The third kappa shape index (κ3) is 5.05. The predicted octanol–water partition coefficient (Wildman–Crippen LogP) is 3.74. The molecule has 4 N–H and O–H groups in total. The van der Waals surface area contributed by atoms with Crippen LogP contribution < -0.4 is 5.23 Å². The molecule has 3 aromatic carbocycles. The summed E-state index contributed by atoms with van der Waals surface area (Å²) in [6.07, 6.45) is -1.57. The number of benzene rings is 3. The van der Waals surface area contributed by atoms with Crippen molar-refractivity contribution in [2.75, 3.05) is 0 Å². The van der Waals surface area contributed by atoms with Gasteiger partial charge >= 0.3 is 0 Å². The van der Waals surface area contributed by atoms with Crippen LogP contribution in [0.3, 0.4) is 0 Å². The summed E-state index contributed by atoms with van der Waals surface area (Å²) in [7, 11) is 0. The second-order valence-corrected chi connectivity index (χ2v) is 8.58. The molecule has 0 aliphatic carbocycles. The van der Waals surface area contributed by atoms with Crippen LogP contribution in [0.5, 0.6) is 0 Å². The standard InChI is InChI=1S/C28H25N3O4/c32-27(16-21-12-9-18-5-1-3-7-24(18)29-21)20-11-14-23(26(15-20)31(34)35)28(33)17-22-13-10-19-6-2-4-8-25(19)30-22/h1-15,27-28,31-34H,16-17H2/t27-,28-/m0/s1. The molecule has 0 spiro atoms. The van der Waals surface area contributed by atoms with Crippen LogP contribution in [0.4, 0.5) is 5.69 Å². The van der Waals surface area contributed by atoms with E-state index in [-0.39, 0.29) is 24.1 Å². The third-order valence-corrected chi connectivity index (χ3v) is 6.17. The summed E-state index contributed by atoms with van der Waals surface area (Å²) < 4.78 is 0. The lowest BCUT2D eigenvalue weighted by molar-refractivity contribution is -0.991. The van der Waals surface area contributed by atoms with E-state index in [1.807, 2.05) is 72.8 Å². The number of aliphatic hydroxyl groups is 2. The van der Waals surface area contributed by atoms with Gasteiger partial charge in [-0.1, -0.05) is 54.6 Å². The van der Waals surface area contributed by atoms with E-state index < -0.39 is 17.4 Å². The van der Waals surface area contributed by atoms with Gasteiger partial charge in [-0.25, -0.2) is 5.21 Å². The Bertz CT molecular complexity index is 1490. The van der Waals surface area contributed by atoms with Crippen molar-refractivity contribution >= 4 is 27.5 Å². The fourth-order valence-electron chi connectivity index (χ4n) is 4.32. The molecular formula is C28H25N3O4. The molecule has 0 amide bonds. The number of rotatable bonds is 7. The van der Waals surface area contributed by atoms with E-state index in [1.54, 1.807) is 12.1 Å². The fourth-order valence-corrected chi connectivity index (χ4v) is 4.32. The van der Waals surface area contributed by atoms with E-state index >= 15 is 0 Å². The van der Waals surface area contributed by atoms with Crippen molar-refractivity contribution in [3.05, 3.63) is 119 Å². The first-order chi connectivity index (χ1) is 17.0. The molecule has 2 heterocycles. The van der Waals surface area contributed by atoms with Crippen molar-refractivity contribution in [3.8, 4) is 0 Å². The SMILES string of the molecule is [O-][NH+](O)c1cc([C@@H](O)Cc2ccc3ccccc3n2)ccc1[C@@H](O)Cc1ccc2ccccc2n1. The van der Waals surface area contributed by atoms with Crippen molar-refractivity contribution in [3.63, 3.8) is 0 Å². The average Bonchev–Trinajstić information content (AvgIpc) is 2.88. The monoisotopic (exact) mass is 467 g/mol. The molecule has 3 atom stereocenters. The molecule has 5 rings (SSSR count). The van der Waals surface area contributed by atoms with Crippen molar-refractivity contribution in [2.24, 2.45) is 0 Å². The maximum atomic E-state index is 12.0. The van der Waals surface area contributed by atoms with Crippen molar-refractivity contribution in [1.82, 2.24) is 9.97 Å². The minimum absolute atomic E-state index is 0.0405. The molecule has 0 saturated heterocycles. The average molecular weight is 468 g/mol. The second kappa shape index (κ2) is 9.87. The lowest BCUT2D eigenvalue weighted by atomic mass is 9.97. The topological polar surface area (TPSA) is 114 Å². The molecule has 35 heavy (non-hydrogen) atoms. The highest BCUT2D eigenvalue weighted by Crippen LogP contribution is 2.28. The summed E-state index contributed by atoms with van der Waals surface area (Å²) in [5.74, 6) is 0. The minimum atomic E-state index is -1.16. The van der Waals surface area contributed by atoms with E-state index in [1.165, 1.54) is 6.07 Å². The first-order valence-corrected chi connectivity index (χ1v) is 11.4. The summed E-state index contributed by atoms with van der Waals surface area (Å²) in [4.78, 5) is 9.16. The lowest BCUT2D eigenvalue weighted by Gasteiger charge is -2.21. The zero-order valence-electron chi connectivity index (χ0n) is 18.9. The van der Waals surface area contributed by atoms with Gasteiger partial charge in [0.05, 0.1) is 23.2 Å². The second-order valence-electron chi connectivity index (χ2n) is 8.58. The molecule has 1 unspecified atom stereocenters. The predicted molar refractivity (Wildman–Crippen MR) is 133 cm³/mol. The lowest BCUT2D eigenvalue weighted by Crippen LogP contribution is -2.99. The van der Waals surface area contributed by atoms with Gasteiger partial charge in [0.2, 0.25) is 0 Å². The Morgan fingerprint density at radius 2 is 1.23 bits per heavy atom. The highest BCUT2D eigenvalue weighted by atomic mass is 16.8. The van der Waals surface area contributed by atoms with Crippen LogP contribution in [-0.4, -0.2) is 25.4 Å². The molecular weight excluding hydrogens is 442 g/mol. The largest absolute Gasteiger partial charge is 0.595 e. The molecule has 0 saturated carbocycles. The number of para-hydroxylation sites is 2. The fraction of sp³-hybridized carbons (Fsp3) is 0.143. The minimum Gasteiger partial charge on any atom is -0.595 e. The Morgan fingerprint density at radius 3 is 1.80 bits per heavy atom. The van der Waals surface area contributed by atoms with Gasteiger partial charge in [0.25, 0.3) is 0 Å². The normalized spacial score (nSPS) is 14.2. The molecule has 0 bridgehead atoms. The van der Waals surface area contributed by atoms with Crippen LogP contribution >= 0.6 is 0 Å². The number of nitrogens with zero attached hydrogens (tertiary/aromatic N) is 2. The molecule has 7 heteroatoms. The summed E-state index contributed by atoms with van der Waals surface area (Å²) in [5.41, 5.74) is 3.73. The highest BCUT2D eigenvalue weighted by Gasteiger charge is 2.21. The van der Waals surface area contributed by atoms with E-state index in [0.29, 0.717) is 17.0 Å². The molecule has 0 fully saturated rings. The Morgan fingerprint density at radius 1 is 0.686 bits per heavy atom. The maximum absolute atomic E-state index is 12.0. The summed E-state index contributed by atoms with van der Waals surface area (Å²) in [5, 5.41) is 44.4. The van der Waals surface area contributed by atoms with Crippen LogP contribution in [0.15, 0.2) is 91.0 Å². The number of fused-ring (bicyclic) bond motifs is 2. The van der Waals surface area contributed by atoms with Crippen LogP contribution in [0, 0.1) is 5.21 Å². The summed E-state index contributed by atoms with van der Waals surface area (Å²) in [6.45, 7) is 0. The number of aliphatic hydroxyl groups excluding tert-OH is 2. The zero-order chi connectivity index (χ0) is 24.4. The van der Waals surface area contributed by atoms with E-state index in [9.17, 15) is 20.6 Å². The van der Waals surface area contributed by atoms with Gasteiger partial charge in [0, 0.05) is 46.6 Å². The van der Waals surface area contributed by atoms with E-state index in [0.717, 1.165) is 21.8 Å². The number of hydrogen-bond acceptors (Lipinski definition) is 6. The number of nitrogens with one attached hydrogen (secondary N) is 1. The number of quaternary nitrogens is 1. The smallest absolute Gasteiger partial charge is 0.170 e. The van der Waals surface area contributed by atoms with Gasteiger partial charge in [-0.05, 0) is 35.9 Å². The van der Waals surface area contributed by atoms with Crippen molar-refractivity contribution in [2.45, 2.75) is 25.0 Å². The van der Waals surface area contributed by atoms with Gasteiger partial charge < -0.3 is 15.4 Å². The van der Waals surface area contributed by atoms with Gasteiger partial charge in [0.15, 0.2) is 5.69 Å². The molecule has 0 aliphatic heterocycles. The highest BCUT2D eigenvalue weighted by molar-refractivity contribution is 5.79. The Hall–Kier alpha value is -3.72. The Kier molecular flexibility index (Phi) is 6.50. The molecule has 7 nitrogen and oxygen atoms in total. The Balaban J connectivity index is 1.37. The third-order valence-electron chi connectivity index (χ3n) is 6.17. The quantitative estimate of drug-likeness (QED) is 0.271. The molecule has 2 aromatic heterocycles.